The molecule has 2 unspecified atom stereocenters. The molecule has 0 amide bonds. The Morgan fingerprint density at radius 3 is 2.77 bits per heavy atom. The van der Waals surface area contributed by atoms with Gasteiger partial charge in [-0.15, -0.1) is 0 Å². The fourth-order valence-corrected chi connectivity index (χ4v) is 1.58. The number of benzene rings is 1. The second-order valence-corrected chi connectivity index (χ2v) is 4.64. The topological polar surface area (TPSA) is 37.3 Å². The molecule has 0 aliphatic heterocycles. The van der Waals surface area contributed by atoms with Crippen LogP contribution in [0.15, 0.2) is 24.3 Å². The third kappa shape index (κ3) is 3.28. The predicted octanol–water partition coefficient (Wildman–Crippen LogP) is 2.15. The molecule has 2 atom stereocenters. The van der Waals surface area contributed by atoms with Crippen LogP contribution < -0.4 is 0 Å². The number of aryl methyl sites for hydroxylation is 1. The summed E-state index contributed by atoms with van der Waals surface area (Å²) >= 11 is -1.72. The summed E-state index contributed by atoms with van der Waals surface area (Å²) in [5.74, 6) is 0. The smallest absolute Gasteiger partial charge is 0.156 e. The molecule has 0 fully saturated rings. The van der Waals surface area contributed by atoms with Gasteiger partial charge in [0.2, 0.25) is 0 Å². The zero-order valence-electron chi connectivity index (χ0n) is 7.86. The second-order valence-electron chi connectivity index (χ2n) is 3.28. The van der Waals surface area contributed by atoms with E-state index in [-0.39, 0.29) is 5.25 Å². The van der Waals surface area contributed by atoms with Gasteiger partial charge in [0.05, 0.1) is 5.25 Å². The van der Waals surface area contributed by atoms with Crippen LogP contribution in [-0.2, 0) is 17.5 Å². The molecule has 1 aromatic carbocycles. The van der Waals surface area contributed by atoms with Gasteiger partial charge in [-0.05, 0) is 25.8 Å². The zero-order valence-corrected chi connectivity index (χ0v) is 8.67. The summed E-state index contributed by atoms with van der Waals surface area (Å²) in [6.45, 7) is 3.79. The summed E-state index contributed by atoms with van der Waals surface area (Å²) in [5.41, 5.74) is 2.31. The summed E-state index contributed by atoms with van der Waals surface area (Å²) in [6.07, 6.45) is 0.658. The highest BCUT2D eigenvalue weighted by atomic mass is 32.2. The Balaban J connectivity index is 2.69. The van der Waals surface area contributed by atoms with Crippen molar-refractivity contribution in [2.75, 3.05) is 0 Å². The van der Waals surface area contributed by atoms with Crippen molar-refractivity contribution < 1.29 is 8.76 Å². The lowest BCUT2D eigenvalue weighted by atomic mass is 10.1. The molecule has 72 valence electrons. The van der Waals surface area contributed by atoms with E-state index >= 15 is 0 Å². The Bertz CT molecular complexity index is 310. The van der Waals surface area contributed by atoms with Crippen LogP contribution in [0.1, 0.15) is 18.1 Å². The van der Waals surface area contributed by atoms with Gasteiger partial charge in [-0.1, -0.05) is 29.8 Å². The Labute approximate surface area is 81.3 Å². The Kier molecular flexibility index (Phi) is 3.63. The molecule has 0 saturated heterocycles. The predicted molar refractivity (Wildman–Crippen MR) is 55.1 cm³/mol. The minimum absolute atomic E-state index is 0.193. The fourth-order valence-electron chi connectivity index (χ4n) is 1.24. The molecule has 1 N–H and O–H groups in total. The van der Waals surface area contributed by atoms with Crippen molar-refractivity contribution in [3.63, 3.8) is 0 Å². The van der Waals surface area contributed by atoms with E-state index in [1.165, 1.54) is 5.56 Å². The first kappa shape index (κ1) is 10.4. The minimum Gasteiger partial charge on any atom is -0.306 e. The van der Waals surface area contributed by atoms with E-state index in [0.29, 0.717) is 6.42 Å². The molecule has 0 aliphatic rings. The average Bonchev–Trinajstić information content (AvgIpc) is 2.04. The maximum absolute atomic E-state index is 10.7. The fraction of sp³-hybridized carbons (Fsp3) is 0.400. The molecule has 0 aromatic heterocycles. The van der Waals surface area contributed by atoms with Crippen molar-refractivity contribution >= 4 is 11.1 Å². The van der Waals surface area contributed by atoms with E-state index < -0.39 is 11.1 Å². The summed E-state index contributed by atoms with van der Waals surface area (Å²) in [5, 5.41) is -0.193. The lowest BCUT2D eigenvalue weighted by molar-refractivity contribution is 0.550. The van der Waals surface area contributed by atoms with Crippen LogP contribution in [0.25, 0.3) is 0 Å². The second kappa shape index (κ2) is 4.53. The van der Waals surface area contributed by atoms with Crippen molar-refractivity contribution in [1.82, 2.24) is 0 Å². The molecule has 0 bridgehead atoms. The number of rotatable bonds is 3. The third-order valence-corrected chi connectivity index (χ3v) is 2.80. The molecular formula is C10H14O2S. The SMILES string of the molecule is Cc1cccc(CC(C)S(=O)O)c1. The van der Waals surface area contributed by atoms with E-state index in [4.69, 9.17) is 4.55 Å². The highest BCUT2D eigenvalue weighted by Gasteiger charge is 2.08. The van der Waals surface area contributed by atoms with E-state index in [1.54, 1.807) is 6.92 Å². The first-order chi connectivity index (χ1) is 6.09. The van der Waals surface area contributed by atoms with E-state index in [9.17, 15) is 4.21 Å². The van der Waals surface area contributed by atoms with Gasteiger partial charge in [0.25, 0.3) is 0 Å². The molecular weight excluding hydrogens is 184 g/mol. The van der Waals surface area contributed by atoms with Crippen molar-refractivity contribution in [2.24, 2.45) is 0 Å². The van der Waals surface area contributed by atoms with E-state index in [2.05, 4.69) is 0 Å². The molecule has 2 nitrogen and oxygen atoms in total. The van der Waals surface area contributed by atoms with Crippen molar-refractivity contribution in [2.45, 2.75) is 25.5 Å². The average molecular weight is 198 g/mol. The molecule has 0 aliphatic carbocycles. The van der Waals surface area contributed by atoms with Gasteiger partial charge in [-0.3, -0.25) is 0 Å². The van der Waals surface area contributed by atoms with Crippen LogP contribution in [0.3, 0.4) is 0 Å². The number of hydrogen-bond donors (Lipinski definition) is 1. The van der Waals surface area contributed by atoms with Gasteiger partial charge in [-0.2, -0.15) is 0 Å². The molecule has 0 radical (unpaired) electrons. The Morgan fingerprint density at radius 2 is 2.23 bits per heavy atom. The lowest BCUT2D eigenvalue weighted by Gasteiger charge is -2.06. The third-order valence-electron chi connectivity index (χ3n) is 1.95. The standard InChI is InChI=1S/C10H14O2S/c1-8-4-3-5-10(6-8)7-9(2)13(11)12/h3-6,9H,7H2,1-2H3,(H,11,12). The summed E-state index contributed by atoms with van der Waals surface area (Å²) in [7, 11) is 0. The normalized spacial score (nSPS) is 15.3. The highest BCUT2D eigenvalue weighted by Crippen LogP contribution is 2.08. The number of hydrogen-bond acceptors (Lipinski definition) is 1. The van der Waals surface area contributed by atoms with Gasteiger partial charge in [0.1, 0.15) is 0 Å². The van der Waals surface area contributed by atoms with Crippen LogP contribution in [0.5, 0.6) is 0 Å². The minimum atomic E-state index is -1.72. The van der Waals surface area contributed by atoms with Gasteiger partial charge in [0, 0.05) is 0 Å². The zero-order chi connectivity index (χ0) is 9.84. The molecule has 1 rings (SSSR count). The van der Waals surface area contributed by atoms with Gasteiger partial charge in [-0.25, -0.2) is 4.21 Å². The Hall–Kier alpha value is -0.670. The van der Waals surface area contributed by atoms with E-state index in [1.807, 2.05) is 31.2 Å². The van der Waals surface area contributed by atoms with Crippen LogP contribution in [0.4, 0.5) is 0 Å². The van der Waals surface area contributed by atoms with Crippen molar-refractivity contribution in [1.29, 1.82) is 0 Å². The molecule has 13 heavy (non-hydrogen) atoms. The van der Waals surface area contributed by atoms with Gasteiger partial charge >= 0.3 is 0 Å². The van der Waals surface area contributed by atoms with Crippen LogP contribution >= 0.6 is 0 Å². The monoisotopic (exact) mass is 198 g/mol. The molecule has 1 aromatic rings. The summed E-state index contributed by atoms with van der Waals surface area (Å²) < 4.78 is 19.5. The van der Waals surface area contributed by atoms with E-state index in [0.717, 1.165) is 5.56 Å². The quantitative estimate of drug-likeness (QED) is 0.756. The molecule has 0 heterocycles. The summed E-state index contributed by atoms with van der Waals surface area (Å²) in [4.78, 5) is 0. The molecule has 0 spiro atoms. The molecule has 0 saturated carbocycles. The van der Waals surface area contributed by atoms with Crippen LogP contribution in [0, 0.1) is 6.92 Å². The maximum Gasteiger partial charge on any atom is 0.156 e. The van der Waals surface area contributed by atoms with Crippen LogP contribution in [-0.4, -0.2) is 14.0 Å². The lowest BCUT2D eigenvalue weighted by Crippen LogP contribution is -2.12. The first-order valence-corrected chi connectivity index (χ1v) is 5.42. The van der Waals surface area contributed by atoms with Crippen LogP contribution in [0.2, 0.25) is 0 Å². The van der Waals surface area contributed by atoms with Crippen molar-refractivity contribution in [3.05, 3.63) is 35.4 Å². The van der Waals surface area contributed by atoms with Gasteiger partial charge < -0.3 is 4.55 Å². The largest absolute Gasteiger partial charge is 0.306 e. The first-order valence-electron chi connectivity index (χ1n) is 4.25. The van der Waals surface area contributed by atoms with Gasteiger partial charge in [0.15, 0.2) is 11.1 Å². The summed E-state index contributed by atoms with van der Waals surface area (Å²) in [6, 6.07) is 8.02. The highest BCUT2D eigenvalue weighted by molar-refractivity contribution is 7.79. The Morgan fingerprint density at radius 1 is 1.54 bits per heavy atom. The van der Waals surface area contributed by atoms with Crippen molar-refractivity contribution in [3.8, 4) is 0 Å². The maximum atomic E-state index is 10.7. The molecule has 3 heteroatoms.